The fourth-order valence-electron chi connectivity index (χ4n) is 9.22. The van der Waals surface area contributed by atoms with E-state index in [9.17, 15) is 43.5 Å². The van der Waals surface area contributed by atoms with Crippen LogP contribution in [0.5, 0.6) is 5.75 Å². The van der Waals surface area contributed by atoms with E-state index in [1.165, 1.54) is 12.1 Å². The summed E-state index contributed by atoms with van der Waals surface area (Å²) in [4.78, 5) is 118. The fraction of sp³-hybridized carbons (Fsp3) is 0.345. The fourth-order valence-corrected chi connectivity index (χ4v) is 11.5. The summed E-state index contributed by atoms with van der Waals surface area (Å²) in [5, 5.41) is 32.3. The lowest BCUT2D eigenvalue weighted by Gasteiger charge is -2.28. The summed E-state index contributed by atoms with van der Waals surface area (Å²) in [6.45, 7) is 1.95. The van der Waals surface area contributed by atoms with Gasteiger partial charge in [-0.3, -0.25) is 38.4 Å². The number of carbonyl (C=O) groups is 8. The van der Waals surface area contributed by atoms with E-state index in [1.54, 1.807) is 37.4 Å². The molecule has 1 aliphatic heterocycles. The Morgan fingerprint density at radius 3 is 1.99 bits per heavy atom. The highest BCUT2D eigenvalue weighted by molar-refractivity contribution is 8.76. The van der Waals surface area contributed by atoms with Crippen LogP contribution in [0.4, 0.5) is 0 Å². The van der Waals surface area contributed by atoms with Crippen molar-refractivity contribution in [3.8, 4) is 5.75 Å². The summed E-state index contributed by atoms with van der Waals surface area (Å²) >= 11 is 0. The van der Waals surface area contributed by atoms with E-state index in [-0.39, 0.29) is 55.8 Å². The highest BCUT2D eigenvalue weighted by Crippen LogP contribution is 2.25. The van der Waals surface area contributed by atoms with E-state index >= 15 is 0 Å². The van der Waals surface area contributed by atoms with Gasteiger partial charge < -0.3 is 64.5 Å². The normalized spacial score (nSPS) is 20.7. The molecule has 20 nitrogen and oxygen atoms in total. The van der Waals surface area contributed by atoms with E-state index in [0.717, 1.165) is 48.8 Å². The van der Waals surface area contributed by atoms with Gasteiger partial charge in [0.15, 0.2) is 0 Å². The van der Waals surface area contributed by atoms with Gasteiger partial charge in [-0.15, -0.1) is 0 Å². The minimum Gasteiger partial charge on any atom is -0.508 e. The van der Waals surface area contributed by atoms with E-state index in [4.69, 9.17) is 17.2 Å². The molecule has 0 spiro atoms. The minimum absolute atomic E-state index is 0.0245. The van der Waals surface area contributed by atoms with Crippen LogP contribution in [-0.2, 0) is 64.0 Å². The van der Waals surface area contributed by atoms with Gasteiger partial charge in [0, 0.05) is 47.9 Å². The third kappa shape index (κ3) is 17.0. The van der Waals surface area contributed by atoms with Gasteiger partial charge in [0.05, 0.1) is 6.04 Å². The maximum atomic E-state index is 14.9. The number of primary amides is 1. The standard InChI is InChI=1S/C58H69N11O9S2/c1-2-43-53(73)69-50(57(77)65-46(51(61)71)29-36-19-22-37-14-6-7-15-38(37)26-36)33-80-79-32-49(68-52(72)42(60)27-34-12-4-3-5-13-34)58(78)66-47(28-35-20-23-40(70)24-21-35)55(75)67-48(30-39-31-62-44-17-9-8-16-41(39)44)56(76)64-45(54(74)63-43)18-10-11-25-59/h3-9,12-17,19-24,26,31,42-43,45-50,62,70H,2,10-11,18,25,27-30,32-33,59-60H2,1H3,(H2,61,71)(H,63,74)(H,64,76)(H,65,77)(H,66,78)(H,67,75)(H,68,72)(H,69,73)/t42-,43?,45+,46+,47+,48?,49?,50?/m1/s1. The van der Waals surface area contributed by atoms with Crippen molar-refractivity contribution in [1.29, 1.82) is 0 Å². The van der Waals surface area contributed by atoms with Crippen LogP contribution >= 0.6 is 21.6 Å². The number of unbranched alkanes of at least 4 members (excludes halogenated alkanes) is 1. The van der Waals surface area contributed by atoms with Gasteiger partial charge in [0.25, 0.3) is 0 Å². The molecule has 80 heavy (non-hydrogen) atoms. The summed E-state index contributed by atoms with van der Waals surface area (Å²) < 4.78 is 0. The third-order valence-electron chi connectivity index (χ3n) is 13.7. The van der Waals surface area contributed by atoms with Gasteiger partial charge in [-0.05, 0) is 89.9 Å². The van der Waals surface area contributed by atoms with Gasteiger partial charge >= 0.3 is 0 Å². The van der Waals surface area contributed by atoms with E-state index in [1.807, 2.05) is 84.9 Å². The molecule has 6 aromatic rings. The molecule has 2 heterocycles. The monoisotopic (exact) mass is 1130 g/mol. The van der Waals surface area contributed by atoms with Crippen LogP contribution in [0.25, 0.3) is 21.7 Å². The number of nitrogens with one attached hydrogen (secondary N) is 8. The Bertz CT molecular complexity index is 3130. The van der Waals surface area contributed by atoms with Crippen LogP contribution in [-0.4, -0.2) is 124 Å². The number of rotatable bonds is 18. The number of fused-ring (bicyclic) bond motifs is 2. The van der Waals surface area contributed by atoms with Crippen molar-refractivity contribution < 1.29 is 43.5 Å². The number of aromatic nitrogens is 1. The lowest BCUT2D eigenvalue weighted by Crippen LogP contribution is -2.61. The van der Waals surface area contributed by atoms with Crippen molar-refractivity contribution in [2.45, 2.75) is 107 Å². The van der Waals surface area contributed by atoms with Crippen LogP contribution in [0.2, 0.25) is 0 Å². The summed E-state index contributed by atoms with van der Waals surface area (Å²) in [5.41, 5.74) is 21.6. The molecule has 0 saturated carbocycles. The minimum atomic E-state index is -1.39. The largest absolute Gasteiger partial charge is 0.508 e. The maximum Gasteiger partial charge on any atom is 0.244 e. The molecular weight excluding hydrogens is 1060 g/mol. The number of hydrogen-bond acceptors (Lipinski definition) is 13. The molecular formula is C58H69N11O9S2. The Hall–Kier alpha value is -7.92. The number of phenols is 1. The first-order valence-electron chi connectivity index (χ1n) is 26.6. The molecule has 0 bridgehead atoms. The van der Waals surface area contributed by atoms with E-state index in [2.05, 4.69) is 42.2 Å². The van der Waals surface area contributed by atoms with E-state index in [0.29, 0.717) is 36.1 Å². The molecule has 1 aliphatic rings. The second-order valence-electron chi connectivity index (χ2n) is 19.7. The molecule has 1 aromatic heterocycles. The lowest BCUT2D eigenvalue weighted by atomic mass is 10.0. The Balaban J connectivity index is 1.24. The zero-order chi connectivity index (χ0) is 57.1. The quantitative estimate of drug-likeness (QED) is 0.0435. The molecule has 8 amide bonds. The average Bonchev–Trinajstić information content (AvgIpc) is 3.87. The van der Waals surface area contributed by atoms with Crippen molar-refractivity contribution >= 4 is 90.5 Å². The molecule has 0 radical (unpaired) electrons. The first-order valence-corrected chi connectivity index (χ1v) is 29.0. The highest BCUT2D eigenvalue weighted by atomic mass is 33.1. The van der Waals surface area contributed by atoms with Crippen LogP contribution in [0, 0.1) is 0 Å². The first-order chi connectivity index (χ1) is 38.6. The van der Waals surface area contributed by atoms with E-state index < -0.39 is 95.6 Å². The first kappa shape index (κ1) is 59.7. The second-order valence-corrected chi connectivity index (χ2v) is 22.3. The molecule has 0 aliphatic carbocycles. The SMILES string of the molecule is CCC1NC(=O)[C@H](CCCCN)NC(=O)C(Cc2c[nH]c3ccccc23)NC(=O)[C@H](Cc2ccc(O)cc2)NC(=O)C(NC(=O)[C@H](N)Cc2ccccc2)CSSCC(C(=O)N[C@@H](Cc2ccc3ccccc3c2)C(N)=O)NC1=O. The number of hydrogen-bond donors (Lipinski definition) is 12. The molecule has 4 unspecified atom stereocenters. The van der Waals surface area contributed by atoms with Crippen molar-refractivity contribution in [3.63, 3.8) is 0 Å². The molecule has 8 atom stereocenters. The van der Waals surface area contributed by atoms with Crippen LogP contribution in [0.15, 0.2) is 128 Å². The van der Waals surface area contributed by atoms with Crippen molar-refractivity contribution in [1.82, 2.24) is 42.2 Å². The molecule has 7 rings (SSSR count). The summed E-state index contributed by atoms with van der Waals surface area (Å²) in [6, 6.07) is 25.4. The number of nitrogens with two attached hydrogens (primary N) is 3. The van der Waals surface area contributed by atoms with Crippen LogP contribution < -0.4 is 54.4 Å². The van der Waals surface area contributed by atoms with Gasteiger partial charge in [-0.2, -0.15) is 0 Å². The second kappa shape index (κ2) is 29.3. The Morgan fingerprint density at radius 2 is 1.26 bits per heavy atom. The number of aromatic hydroxyl groups is 1. The number of phenolic OH excluding ortho intramolecular Hbond substituents is 1. The van der Waals surface area contributed by atoms with Crippen LogP contribution in [0.3, 0.4) is 0 Å². The lowest BCUT2D eigenvalue weighted by molar-refractivity contribution is -0.135. The number of amides is 8. The average molecular weight is 1130 g/mol. The summed E-state index contributed by atoms with van der Waals surface area (Å²) in [5.74, 6) is -6.45. The van der Waals surface area contributed by atoms with Gasteiger partial charge in [-0.25, -0.2) is 0 Å². The van der Waals surface area contributed by atoms with Gasteiger partial charge in [-0.1, -0.05) is 132 Å². The number of benzene rings is 5. The molecule has 1 fully saturated rings. The van der Waals surface area contributed by atoms with Crippen molar-refractivity contribution in [2.75, 3.05) is 18.1 Å². The Labute approximate surface area is 471 Å². The topological polar surface area (TPSA) is 335 Å². The number of H-pyrrole nitrogens is 1. The highest BCUT2D eigenvalue weighted by Gasteiger charge is 2.35. The van der Waals surface area contributed by atoms with Crippen LogP contribution in [0.1, 0.15) is 54.9 Å². The molecule has 5 aromatic carbocycles. The molecule has 1 saturated heterocycles. The zero-order valence-electron chi connectivity index (χ0n) is 44.3. The predicted octanol–water partition coefficient (Wildman–Crippen LogP) is 2.44. The molecule has 15 N–H and O–H groups in total. The third-order valence-corrected chi connectivity index (χ3v) is 16.2. The smallest absolute Gasteiger partial charge is 0.244 e. The maximum absolute atomic E-state index is 14.9. The predicted molar refractivity (Wildman–Crippen MR) is 310 cm³/mol. The van der Waals surface area contributed by atoms with Crippen molar-refractivity contribution in [2.24, 2.45) is 17.2 Å². The Morgan fingerprint density at radius 1 is 0.650 bits per heavy atom. The molecule has 422 valence electrons. The zero-order valence-corrected chi connectivity index (χ0v) is 45.9. The van der Waals surface area contributed by atoms with Gasteiger partial charge in [0.2, 0.25) is 47.3 Å². The summed E-state index contributed by atoms with van der Waals surface area (Å²) in [7, 11) is 2.13. The van der Waals surface area contributed by atoms with Crippen molar-refractivity contribution in [3.05, 3.63) is 150 Å². The Kier molecular flexibility index (Phi) is 21.9. The summed E-state index contributed by atoms with van der Waals surface area (Å²) in [6.07, 6.45) is 2.68. The molecule has 22 heteroatoms. The number of carbonyl (C=O) groups excluding carboxylic acids is 8. The number of para-hydroxylation sites is 1. The van der Waals surface area contributed by atoms with Gasteiger partial charge in [0.1, 0.15) is 48.0 Å². The number of aromatic amines is 1.